The Morgan fingerprint density at radius 3 is 2.51 bits per heavy atom. The number of halogens is 2. The Labute approximate surface area is 214 Å². The van der Waals surface area contributed by atoms with Crippen molar-refractivity contribution in [1.82, 2.24) is 25.0 Å². The Morgan fingerprint density at radius 2 is 1.89 bits per heavy atom. The van der Waals surface area contributed by atoms with Crippen LogP contribution >= 0.6 is 22.9 Å². The number of amides is 1. The molecule has 0 fully saturated rings. The number of H-pyrrole nitrogens is 2. The monoisotopic (exact) mass is 542 g/mol. The maximum atomic E-state index is 14.2. The zero-order valence-electron chi connectivity index (χ0n) is 18.8. The van der Waals surface area contributed by atoms with Gasteiger partial charge in [0.05, 0.1) is 26.6 Å². The minimum absolute atomic E-state index is 0.0167. The third kappa shape index (κ3) is 4.57. The summed E-state index contributed by atoms with van der Waals surface area (Å²) in [6.45, 7) is 0. The molecule has 5 aromatic rings. The molecule has 2 aromatic carbocycles. The van der Waals surface area contributed by atoms with Gasteiger partial charge >= 0.3 is 11.4 Å². The lowest BCUT2D eigenvalue weighted by molar-refractivity contribution is 0.0941. The van der Waals surface area contributed by atoms with Crippen molar-refractivity contribution in [3.8, 4) is 5.69 Å². The number of anilines is 1. The van der Waals surface area contributed by atoms with E-state index in [-0.39, 0.29) is 33.7 Å². The number of carbonyl (C=O) groups is 1. The van der Waals surface area contributed by atoms with Crippen LogP contribution in [0.25, 0.3) is 16.6 Å². The minimum Gasteiger partial charge on any atom is -0.386 e. The summed E-state index contributed by atoms with van der Waals surface area (Å²) in [5.41, 5.74) is -0.773. The molecule has 11 nitrogen and oxygen atoms in total. The topological polar surface area (TPSA) is 155 Å². The van der Waals surface area contributed by atoms with E-state index in [1.165, 1.54) is 48.7 Å². The largest absolute Gasteiger partial charge is 0.438 e. The van der Waals surface area contributed by atoms with Gasteiger partial charge in [0.2, 0.25) is 0 Å². The number of fused-ring (bicyclic) bond motifs is 1. The number of thiophene rings is 1. The van der Waals surface area contributed by atoms with Crippen LogP contribution in [-0.2, 0) is 0 Å². The lowest BCUT2D eigenvalue weighted by Gasteiger charge is -2.14. The molecule has 0 radical (unpaired) electrons. The van der Waals surface area contributed by atoms with Gasteiger partial charge in [0.15, 0.2) is 5.82 Å². The molecule has 0 aliphatic carbocycles. The highest BCUT2D eigenvalue weighted by atomic mass is 35.5. The summed E-state index contributed by atoms with van der Waals surface area (Å²) in [4.78, 5) is 55.7. The van der Waals surface area contributed by atoms with Gasteiger partial charge in [0.25, 0.3) is 11.5 Å². The fourth-order valence-electron chi connectivity index (χ4n) is 3.76. The van der Waals surface area contributed by atoms with Crippen LogP contribution in [0.4, 0.5) is 10.1 Å². The molecule has 0 spiro atoms. The molecule has 1 atom stereocenters. The summed E-state index contributed by atoms with van der Waals surface area (Å²) in [6, 6.07) is 10.5. The Morgan fingerprint density at radius 1 is 1.14 bits per heavy atom. The highest BCUT2D eigenvalue weighted by molar-refractivity contribution is 7.16. The summed E-state index contributed by atoms with van der Waals surface area (Å²) < 4.78 is 20.1. The number of rotatable bonds is 6. The van der Waals surface area contributed by atoms with E-state index in [1.807, 2.05) is 0 Å². The minimum atomic E-state index is -0.848. The molecule has 4 N–H and O–H groups in total. The van der Waals surface area contributed by atoms with Crippen LogP contribution in [-0.4, -0.2) is 32.6 Å². The van der Waals surface area contributed by atoms with Crippen molar-refractivity contribution in [1.29, 1.82) is 0 Å². The zero-order chi connectivity index (χ0) is 26.3. The van der Waals surface area contributed by atoms with Gasteiger partial charge in [-0.15, -0.1) is 11.3 Å². The summed E-state index contributed by atoms with van der Waals surface area (Å²) >= 11 is 7.21. The molecule has 3 heterocycles. The van der Waals surface area contributed by atoms with Crippen LogP contribution in [0, 0.1) is 5.82 Å². The first kappa shape index (κ1) is 24.2. The molecule has 0 saturated carbocycles. The predicted molar refractivity (Wildman–Crippen MR) is 135 cm³/mol. The van der Waals surface area contributed by atoms with Crippen LogP contribution < -0.4 is 27.6 Å². The second-order valence-electron chi connectivity index (χ2n) is 7.77. The molecule has 5 rings (SSSR count). The normalized spacial score (nSPS) is 12.0. The zero-order valence-corrected chi connectivity index (χ0v) is 20.4. The average Bonchev–Trinajstić information content (AvgIpc) is 3.51. The SMILES string of the molecule is CNc1cc2[nH]c(=O)n(-c3ccc(C(=O)N[C@H](c4noc(=O)[nH]4)c4ccc(Cl)s4)cc3)c(=O)c2cc1F. The number of aromatic nitrogens is 4. The lowest BCUT2D eigenvalue weighted by atomic mass is 10.1. The van der Waals surface area contributed by atoms with Gasteiger partial charge < -0.3 is 15.6 Å². The van der Waals surface area contributed by atoms with Crippen molar-refractivity contribution < 1.29 is 13.7 Å². The first-order chi connectivity index (χ1) is 17.7. The van der Waals surface area contributed by atoms with E-state index in [2.05, 4.69) is 30.3 Å². The van der Waals surface area contributed by atoms with E-state index in [0.717, 1.165) is 10.6 Å². The van der Waals surface area contributed by atoms with Crippen LogP contribution in [0.3, 0.4) is 0 Å². The molecule has 14 heteroatoms. The molecule has 37 heavy (non-hydrogen) atoms. The van der Waals surface area contributed by atoms with Crippen LogP contribution in [0.1, 0.15) is 27.1 Å². The number of hydrogen-bond acceptors (Lipinski definition) is 8. The fraction of sp³-hybridized carbons (Fsp3) is 0.0870. The summed E-state index contributed by atoms with van der Waals surface area (Å²) in [5.74, 6) is -1.88. The van der Waals surface area contributed by atoms with Crippen LogP contribution in [0.15, 0.2) is 67.4 Å². The summed E-state index contributed by atoms with van der Waals surface area (Å²) in [5, 5.41) is 9.05. The van der Waals surface area contributed by atoms with Crippen molar-refractivity contribution in [2.24, 2.45) is 0 Å². The van der Waals surface area contributed by atoms with E-state index < -0.39 is 34.8 Å². The van der Waals surface area contributed by atoms with E-state index >= 15 is 0 Å². The van der Waals surface area contributed by atoms with Gasteiger partial charge in [-0.3, -0.25) is 19.1 Å². The van der Waals surface area contributed by atoms with Crippen molar-refractivity contribution in [2.75, 3.05) is 12.4 Å². The summed E-state index contributed by atoms with van der Waals surface area (Å²) in [6.07, 6.45) is 0. The third-order valence-corrected chi connectivity index (χ3v) is 6.82. The Balaban J connectivity index is 1.47. The molecule has 0 saturated heterocycles. The Hall–Kier alpha value is -4.49. The van der Waals surface area contributed by atoms with Gasteiger partial charge in [-0.25, -0.2) is 18.5 Å². The van der Waals surface area contributed by atoms with Crippen molar-refractivity contribution in [3.63, 3.8) is 0 Å². The van der Waals surface area contributed by atoms with Crippen molar-refractivity contribution in [3.05, 3.63) is 106 Å². The number of aromatic amines is 2. The molecule has 3 aromatic heterocycles. The number of benzene rings is 2. The standard InChI is InChI=1S/C23H16ClFN6O5S/c1-26-15-9-14-12(8-13(15)25)21(33)31(22(34)27-14)11-4-2-10(3-5-11)20(32)28-18(16-6-7-17(24)37-16)19-29-23(35)36-30-19/h2-9,18,26H,1H3,(H,27,34)(H,28,32)(H,29,30,35)/t18-/m0/s1. The fourth-order valence-corrected chi connectivity index (χ4v) is 4.88. The van der Waals surface area contributed by atoms with E-state index in [0.29, 0.717) is 9.21 Å². The average molecular weight is 543 g/mol. The van der Waals surface area contributed by atoms with Gasteiger partial charge in [0.1, 0.15) is 11.9 Å². The predicted octanol–water partition coefficient (Wildman–Crippen LogP) is 2.77. The highest BCUT2D eigenvalue weighted by Gasteiger charge is 2.24. The first-order valence-electron chi connectivity index (χ1n) is 10.6. The van der Waals surface area contributed by atoms with Gasteiger partial charge in [-0.1, -0.05) is 16.8 Å². The Kier molecular flexibility index (Phi) is 6.23. The molecule has 0 aliphatic heterocycles. The van der Waals surface area contributed by atoms with Crippen molar-refractivity contribution >= 4 is 45.4 Å². The number of carbonyl (C=O) groups excluding carboxylic acids is 1. The maximum Gasteiger partial charge on any atom is 0.438 e. The second-order valence-corrected chi connectivity index (χ2v) is 9.52. The molecular formula is C23H16ClFN6O5S. The van der Waals surface area contributed by atoms with Crippen molar-refractivity contribution in [2.45, 2.75) is 6.04 Å². The number of nitrogens with zero attached hydrogens (tertiary/aromatic N) is 2. The molecule has 0 bridgehead atoms. The number of nitrogens with one attached hydrogen (secondary N) is 4. The van der Waals surface area contributed by atoms with Gasteiger partial charge in [0, 0.05) is 17.5 Å². The van der Waals surface area contributed by atoms with Gasteiger partial charge in [-0.2, -0.15) is 0 Å². The maximum absolute atomic E-state index is 14.2. The van der Waals surface area contributed by atoms with E-state index in [9.17, 15) is 23.6 Å². The molecule has 0 aliphatic rings. The van der Waals surface area contributed by atoms with E-state index in [4.69, 9.17) is 11.6 Å². The highest BCUT2D eigenvalue weighted by Crippen LogP contribution is 2.29. The van der Waals surface area contributed by atoms with Crippen LogP contribution in [0.2, 0.25) is 4.34 Å². The third-order valence-electron chi connectivity index (χ3n) is 5.53. The molecule has 188 valence electrons. The second kappa shape index (κ2) is 9.52. The van der Waals surface area contributed by atoms with Gasteiger partial charge in [-0.05, 0) is 48.5 Å². The molecule has 1 amide bonds. The quantitative estimate of drug-likeness (QED) is 0.257. The van der Waals surface area contributed by atoms with Crippen LogP contribution in [0.5, 0.6) is 0 Å². The molecule has 0 unspecified atom stereocenters. The van der Waals surface area contributed by atoms with E-state index in [1.54, 1.807) is 12.1 Å². The lowest BCUT2D eigenvalue weighted by Crippen LogP contribution is -2.34. The first-order valence-corrected chi connectivity index (χ1v) is 11.8. The smallest absolute Gasteiger partial charge is 0.386 e. The molecular weight excluding hydrogens is 527 g/mol. The Bertz CT molecular complexity index is 1820. The summed E-state index contributed by atoms with van der Waals surface area (Å²) in [7, 11) is 1.52. The number of hydrogen-bond donors (Lipinski definition) is 4.